The molecule has 30 heavy (non-hydrogen) atoms. The highest BCUT2D eigenvalue weighted by Crippen LogP contribution is 2.24. The largest absolute Gasteiger partial charge is 0.464 e. The van der Waals surface area contributed by atoms with Gasteiger partial charge in [-0.3, -0.25) is 0 Å². The molecule has 1 aromatic heterocycles. The standard InChI is InChI=1S/C22H31N3O5/c1-22(2,3)30-21(27)24-12-10-16(11-13-24)8-9-17-15-25(18-7-5-6-14-29-18)23-19(17)20(26)28-4/h15-16,18H,5-7,10-14H2,1-4H3. The molecule has 164 valence electrons. The van der Waals surface area contributed by atoms with E-state index in [4.69, 9.17) is 14.2 Å². The third-order valence-corrected chi connectivity index (χ3v) is 5.12. The SMILES string of the molecule is COC(=O)c1nn(C2CCCCO2)cc1C#CC1CCN(C(=O)OC(C)(C)C)CC1. The molecule has 1 unspecified atom stereocenters. The van der Waals surface area contributed by atoms with Gasteiger partial charge in [-0.25, -0.2) is 14.3 Å². The number of piperidine rings is 1. The van der Waals surface area contributed by atoms with Gasteiger partial charge < -0.3 is 19.1 Å². The van der Waals surface area contributed by atoms with Crippen LogP contribution in [-0.4, -0.2) is 59.2 Å². The Hall–Kier alpha value is -2.53. The molecule has 3 rings (SSSR count). The highest BCUT2D eigenvalue weighted by Gasteiger charge is 2.27. The summed E-state index contributed by atoms with van der Waals surface area (Å²) in [5, 5.41) is 4.38. The molecule has 1 amide bonds. The maximum absolute atomic E-state index is 12.2. The molecule has 3 heterocycles. The number of amides is 1. The van der Waals surface area contributed by atoms with Crippen LogP contribution in [-0.2, 0) is 14.2 Å². The summed E-state index contributed by atoms with van der Waals surface area (Å²) in [6.45, 7) is 7.48. The Balaban J connectivity index is 1.66. The van der Waals surface area contributed by atoms with Gasteiger partial charge in [0.05, 0.1) is 12.7 Å². The van der Waals surface area contributed by atoms with Gasteiger partial charge in [-0.1, -0.05) is 11.8 Å². The number of likely N-dealkylation sites (tertiary alicyclic amines) is 1. The lowest BCUT2D eigenvalue weighted by Crippen LogP contribution is -2.41. The smallest absolute Gasteiger partial charge is 0.410 e. The fourth-order valence-electron chi connectivity index (χ4n) is 3.52. The summed E-state index contributed by atoms with van der Waals surface area (Å²) in [6.07, 6.45) is 5.80. The zero-order valence-corrected chi connectivity index (χ0v) is 18.3. The minimum atomic E-state index is -0.506. The molecule has 1 aromatic rings. The maximum atomic E-state index is 12.2. The first kappa shape index (κ1) is 22.2. The van der Waals surface area contributed by atoms with Crippen LogP contribution < -0.4 is 0 Å². The Kier molecular flexibility index (Phi) is 7.03. The molecule has 0 aromatic carbocycles. The fourth-order valence-corrected chi connectivity index (χ4v) is 3.52. The predicted octanol–water partition coefficient (Wildman–Crippen LogP) is 3.37. The topological polar surface area (TPSA) is 82.9 Å². The summed E-state index contributed by atoms with van der Waals surface area (Å²) in [4.78, 5) is 26.1. The molecule has 2 aliphatic heterocycles. The van der Waals surface area contributed by atoms with E-state index >= 15 is 0 Å². The van der Waals surface area contributed by atoms with E-state index in [0.29, 0.717) is 25.3 Å². The van der Waals surface area contributed by atoms with E-state index in [0.717, 1.165) is 32.1 Å². The van der Waals surface area contributed by atoms with Crippen LogP contribution >= 0.6 is 0 Å². The monoisotopic (exact) mass is 417 g/mol. The lowest BCUT2D eigenvalue weighted by Gasteiger charge is -2.31. The second-order valence-corrected chi connectivity index (χ2v) is 8.70. The van der Waals surface area contributed by atoms with E-state index in [1.165, 1.54) is 7.11 Å². The summed E-state index contributed by atoms with van der Waals surface area (Å²) in [6, 6.07) is 0. The number of aromatic nitrogens is 2. The molecular formula is C22H31N3O5. The van der Waals surface area contributed by atoms with Crippen molar-refractivity contribution in [3.8, 4) is 11.8 Å². The third kappa shape index (κ3) is 5.76. The summed E-state index contributed by atoms with van der Waals surface area (Å²) < 4.78 is 17.7. The van der Waals surface area contributed by atoms with Gasteiger partial charge in [0.25, 0.3) is 0 Å². The first-order valence-electron chi connectivity index (χ1n) is 10.6. The van der Waals surface area contributed by atoms with E-state index in [1.807, 2.05) is 20.8 Å². The van der Waals surface area contributed by atoms with Crippen LogP contribution in [0.2, 0.25) is 0 Å². The normalized spacial score (nSPS) is 20.3. The van der Waals surface area contributed by atoms with Crippen molar-refractivity contribution in [3.63, 3.8) is 0 Å². The quantitative estimate of drug-likeness (QED) is 0.542. The summed E-state index contributed by atoms with van der Waals surface area (Å²) in [5.74, 6) is 6.00. The van der Waals surface area contributed by atoms with Gasteiger partial charge in [0.1, 0.15) is 11.8 Å². The van der Waals surface area contributed by atoms with Gasteiger partial charge in [-0.15, -0.1) is 0 Å². The number of hydrogen-bond donors (Lipinski definition) is 0. The first-order valence-corrected chi connectivity index (χ1v) is 10.6. The second-order valence-electron chi connectivity index (χ2n) is 8.70. The number of carbonyl (C=O) groups excluding carboxylic acids is 2. The third-order valence-electron chi connectivity index (χ3n) is 5.12. The van der Waals surface area contributed by atoms with Crippen molar-refractivity contribution in [1.82, 2.24) is 14.7 Å². The number of hydrogen-bond acceptors (Lipinski definition) is 6. The Morgan fingerprint density at radius 2 is 1.93 bits per heavy atom. The van der Waals surface area contributed by atoms with E-state index < -0.39 is 11.6 Å². The average molecular weight is 418 g/mol. The minimum absolute atomic E-state index is 0.142. The van der Waals surface area contributed by atoms with Crippen LogP contribution in [0, 0.1) is 17.8 Å². The van der Waals surface area contributed by atoms with Gasteiger partial charge in [-0.2, -0.15) is 5.10 Å². The average Bonchev–Trinajstić information content (AvgIpc) is 3.16. The highest BCUT2D eigenvalue weighted by atomic mass is 16.6. The van der Waals surface area contributed by atoms with Crippen LogP contribution in [0.1, 0.15) is 75.2 Å². The van der Waals surface area contributed by atoms with Crippen LogP contribution in [0.25, 0.3) is 0 Å². The zero-order chi connectivity index (χ0) is 21.7. The van der Waals surface area contributed by atoms with Gasteiger partial charge in [0.15, 0.2) is 5.69 Å². The molecule has 0 saturated carbocycles. The molecule has 2 aliphatic rings. The van der Waals surface area contributed by atoms with Crippen molar-refractivity contribution in [2.45, 2.75) is 64.7 Å². The molecule has 0 radical (unpaired) electrons. The van der Waals surface area contributed by atoms with Crippen LogP contribution in [0.3, 0.4) is 0 Å². The van der Waals surface area contributed by atoms with E-state index in [9.17, 15) is 9.59 Å². The van der Waals surface area contributed by atoms with E-state index in [-0.39, 0.29) is 23.9 Å². The summed E-state index contributed by atoms with van der Waals surface area (Å²) in [7, 11) is 1.34. The molecule has 1 atom stereocenters. The molecule has 0 N–H and O–H groups in total. The lowest BCUT2D eigenvalue weighted by atomic mass is 9.97. The number of methoxy groups -OCH3 is 1. The van der Waals surface area contributed by atoms with Crippen LogP contribution in [0.15, 0.2) is 6.20 Å². The molecule has 8 heteroatoms. The Morgan fingerprint density at radius 3 is 2.53 bits per heavy atom. The van der Waals surface area contributed by atoms with E-state index in [2.05, 4.69) is 16.9 Å². The Bertz CT molecular complexity index is 816. The number of rotatable bonds is 2. The first-order chi connectivity index (χ1) is 14.3. The van der Waals surface area contributed by atoms with Crippen molar-refractivity contribution in [2.24, 2.45) is 5.92 Å². The Labute approximate surface area is 177 Å². The van der Waals surface area contributed by atoms with Gasteiger partial charge in [0.2, 0.25) is 0 Å². The van der Waals surface area contributed by atoms with E-state index in [1.54, 1.807) is 15.8 Å². The van der Waals surface area contributed by atoms with Crippen LogP contribution in [0.4, 0.5) is 4.79 Å². The summed E-state index contributed by atoms with van der Waals surface area (Å²) >= 11 is 0. The molecule has 0 spiro atoms. The number of esters is 1. The number of nitrogens with zero attached hydrogens (tertiary/aromatic N) is 3. The molecule has 0 bridgehead atoms. The fraction of sp³-hybridized carbons (Fsp3) is 0.682. The highest BCUT2D eigenvalue weighted by molar-refractivity contribution is 5.90. The zero-order valence-electron chi connectivity index (χ0n) is 18.3. The molecule has 2 saturated heterocycles. The molecular weight excluding hydrogens is 386 g/mol. The second kappa shape index (κ2) is 9.52. The molecule has 8 nitrogen and oxygen atoms in total. The molecule has 0 aliphatic carbocycles. The predicted molar refractivity (Wildman–Crippen MR) is 110 cm³/mol. The van der Waals surface area contributed by atoms with Gasteiger partial charge in [-0.05, 0) is 52.9 Å². The van der Waals surface area contributed by atoms with Crippen molar-refractivity contribution < 1.29 is 23.8 Å². The van der Waals surface area contributed by atoms with Crippen molar-refractivity contribution in [2.75, 3.05) is 26.8 Å². The van der Waals surface area contributed by atoms with Crippen LogP contribution in [0.5, 0.6) is 0 Å². The van der Waals surface area contributed by atoms with Crippen molar-refractivity contribution in [3.05, 3.63) is 17.5 Å². The lowest BCUT2D eigenvalue weighted by molar-refractivity contribution is -0.0397. The maximum Gasteiger partial charge on any atom is 0.410 e. The van der Waals surface area contributed by atoms with Crippen molar-refractivity contribution >= 4 is 12.1 Å². The molecule has 2 fully saturated rings. The number of carbonyl (C=O) groups is 2. The van der Waals surface area contributed by atoms with Gasteiger partial charge >= 0.3 is 12.1 Å². The summed E-state index contributed by atoms with van der Waals surface area (Å²) in [5.41, 5.74) is 0.260. The number of ether oxygens (including phenoxy) is 3. The van der Waals surface area contributed by atoms with Crippen molar-refractivity contribution in [1.29, 1.82) is 0 Å². The minimum Gasteiger partial charge on any atom is -0.464 e. The Morgan fingerprint density at radius 1 is 1.20 bits per heavy atom. The van der Waals surface area contributed by atoms with Gasteiger partial charge in [0, 0.05) is 31.8 Å².